The highest BCUT2D eigenvalue weighted by molar-refractivity contribution is 7.89. The molecule has 0 spiro atoms. The van der Waals surface area contributed by atoms with Crippen molar-refractivity contribution in [1.82, 2.24) is 9.29 Å². The molecule has 1 aromatic heterocycles. The molecule has 5 rings (SSSR count). The standard InChI is InChI=1S/C26H24ClN3O3S2/c1-17-6-11-22-23(16-17)34-26(29-22)19-7-9-20(10-8-19)28-25(31)18-12-14-30(15-13-18)35(32,33)24-5-3-2-4-21(24)27/h2-11,16,18H,12-15H2,1H3,(H,28,31). The van der Waals surface area contributed by atoms with Gasteiger partial charge < -0.3 is 5.32 Å². The molecule has 180 valence electrons. The maximum atomic E-state index is 12.9. The Morgan fingerprint density at radius 3 is 2.49 bits per heavy atom. The topological polar surface area (TPSA) is 79.4 Å². The average molecular weight is 526 g/mol. The number of hydrogen-bond donors (Lipinski definition) is 1. The van der Waals surface area contributed by atoms with Gasteiger partial charge in [0.2, 0.25) is 15.9 Å². The Morgan fingerprint density at radius 2 is 1.77 bits per heavy atom. The number of amides is 1. The Hall–Kier alpha value is -2.78. The largest absolute Gasteiger partial charge is 0.326 e. The molecule has 1 amide bonds. The Balaban J connectivity index is 1.21. The molecule has 1 saturated heterocycles. The number of piperidine rings is 1. The van der Waals surface area contributed by atoms with Crippen molar-refractivity contribution in [2.24, 2.45) is 5.92 Å². The van der Waals surface area contributed by atoms with Gasteiger partial charge in [0.1, 0.15) is 9.90 Å². The quantitative estimate of drug-likeness (QED) is 0.348. The number of benzene rings is 3. The zero-order valence-electron chi connectivity index (χ0n) is 19.1. The summed E-state index contributed by atoms with van der Waals surface area (Å²) in [5, 5.41) is 4.12. The number of rotatable bonds is 5. The van der Waals surface area contributed by atoms with E-state index in [0.29, 0.717) is 18.5 Å². The van der Waals surface area contributed by atoms with Gasteiger partial charge in [-0.15, -0.1) is 11.3 Å². The highest BCUT2D eigenvalue weighted by atomic mass is 35.5. The van der Waals surface area contributed by atoms with E-state index in [1.54, 1.807) is 29.5 Å². The van der Waals surface area contributed by atoms with E-state index < -0.39 is 10.0 Å². The molecular weight excluding hydrogens is 502 g/mol. The number of sulfonamides is 1. The lowest BCUT2D eigenvalue weighted by Crippen LogP contribution is -2.41. The van der Waals surface area contributed by atoms with Crippen molar-refractivity contribution >= 4 is 54.8 Å². The van der Waals surface area contributed by atoms with E-state index in [9.17, 15) is 13.2 Å². The monoisotopic (exact) mass is 525 g/mol. The summed E-state index contributed by atoms with van der Waals surface area (Å²) in [6.45, 7) is 2.63. The molecule has 4 aromatic rings. The Morgan fingerprint density at radius 1 is 1.06 bits per heavy atom. The maximum absolute atomic E-state index is 12.9. The second-order valence-electron chi connectivity index (χ2n) is 8.67. The highest BCUT2D eigenvalue weighted by Gasteiger charge is 2.33. The number of halogens is 1. The summed E-state index contributed by atoms with van der Waals surface area (Å²) in [5.41, 5.74) is 3.90. The lowest BCUT2D eigenvalue weighted by atomic mass is 9.97. The van der Waals surface area contributed by atoms with E-state index in [2.05, 4.69) is 24.4 Å². The third-order valence-corrected chi connectivity index (χ3v) is 9.69. The fourth-order valence-electron chi connectivity index (χ4n) is 4.25. The van der Waals surface area contributed by atoms with Gasteiger partial charge in [0.05, 0.1) is 15.2 Å². The van der Waals surface area contributed by atoms with Crippen LogP contribution in [-0.4, -0.2) is 36.7 Å². The number of carbonyl (C=O) groups is 1. The lowest BCUT2D eigenvalue weighted by Gasteiger charge is -2.30. The van der Waals surface area contributed by atoms with Gasteiger partial charge in [0.25, 0.3) is 0 Å². The first-order chi connectivity index (χ1) is 16.8. The number of anilines is 1. The predicted molar refractivity (Wildman–Crippen MR) is 141 cm³/mol. The van der Waals surface area contributed by atoms with Gasteiger partial charge in [-0.2, -0.15) is 4.31 Å². The average Bonchev–Trinajstić information content (AvgIpc) is 3.28. The van der Waals surface area contributed by atoms with Crippen molar-refractivity contribution in [2.75, 3.05) is 18.4 Å². The molecule has 0 unspecified atom stereocenters. The molecule has 0 aliphatic carbocycles. The minimum Gasteiger partial charge on any atom is -0.326 e. The molecule has 0 bridgehead atoms. The minimum absolute atomic E-state index is 0.0944. The zero-order chi connectivity index (χ0) is 24.6. The van der Waals surface area contributed by atoms with Crippen molar-refractivity contribution in [1.29, 1.82) is 0 Å². The number of aryl methyl sites for hydroxylation is 1. The summed E-state index contributed by atoms with van der Waals surface area (Å²) in [5.74, 6) is -0.345. The number of thiazole rings is 1. The van der Waals surface area contributed by atoms with Crippen molar-refractivity contribution < 1.29 is 13.2 Å². The van der Waals surface area contributed by atoms with Gasteiger partial charge in [-0.25, -0.2) is 13.4 Å². The minimum atomic E-state index is -3.68. The Labute approximate surface area is 213 Å². The van der Waals surface area contributed by atoms with Crippen LogP contribution in [0.5, 0.6) is 0 Å². The number of aromatic nitrogens is 1. The summed E-state index contributed by atoms with van der Waals surface area (Å²) < 4.78 is 28.4. The zero-order valence-corrected chi connectivity index (χ0v) is 21.5. The number of nitrogens with one attached hydrogen (secondary N) is 1. The number of fused-ring (bicyclic) bond motifs is 1. The summed E-state index contributed by atoms with van der Waals surface area (Å²) in [7, 11) is -3.68. The van der Waals surface area contributed by atoms with Gasteiger partial charge in [0, 0.05) is 30.3 Å². The second kappa shape index (κ2) is 9.70. The first-order valence-electron chi connectivity index (χ1n) is 11.3. The number of carbonyl (C=O) groups excluding carboxylic acids is 1. The fourth-order valence-corrected chi connectivity index (χ4v) is 7.28. The number of nitrogens with zero attached hydrogens (tertiary/aromatic N) is 2. The summed E-state index contributed by atoms with van der Waals surface area (Å²) >= 11 is 7.75. The molecule has 35 heavy (non-hydrogen) atoms. The first-order valence-corrected chi connectivity index (χ1v) is 14.0. The highest BCUT2D eigenvalue weighted by Crippen LogP contribution is 2.32. The van der Waals surface area contributed by atoms with Crippen LogP contribution in [0.15, 0.2) is 71.6 Å². The van der Waals surface area contributed by atoms with Crippen LogP contribution in [0, 0.1) is 12.8 Å². The van der Waals surface area contributed by atoms with Gasteiger partial charge in [-0.1, -0.05) is 29.8 Å². The fraction of sp³-hybridized carbons (Fsp3) is 0.231. The molecule has 1 aliphatic heterocycles. The van der Waals surface area contributed by atoms with Gasteiger partial charge in [-0.3, -0.25) is 4.79 Å². The lowest BCUT2D eigenvalue weighted by molar-refractivity contribution is -0.120. The Kier molecular flexibility index (Phi) is 6.63. The van der Waals surface area contributed by atoms with Gasteiger partial charge in [-0.05, 0) is 73.9 Å². The Bertz CT molecular complexity index is 1490. The molecule has 0 saturated carbocycles. The molecule has 1 aliphatic rings. The molecule has 0 atom stereocenters. The van der Waals surface area contributed by atoms with Crippen LogP contribution >= 0.6 is 22.9 Å². The molecule has 0 radical (unpaired) electrons. The van der Waals surface area contributed by atoms with E-state index >= 15 is 0 Å². The first kappa shape index (κ1) is 23.9. The molecule has 3 aromatic carbocycles. The van der Waals surface area contributed by atoms with E-state index in [1.807, 2.05) is 30.3 Å². The molecule has 2 heterocycles. The third-order valence-electron chi connectivity index (χ3n) is 6.22. The van der Waals surface area contributed by atoms with Crippen LogP contribution in [0.1, 0.15) is 18.4 Å². The molecular formula is C26H24ClN3O3S2. The van der Waals surface area contributed by atoms with Crippen LogP contribution < -0.4 is 5.32 Å². The van der Waals surface area contributed by atoms with E-state index in [-0.39, 0.29) is 34.8 Å². The van der Waals surface area contributed by atoms with Gasteiger partial charge >= 0.3 is 0 Å². The molecule has 6 nitrogen and oxygen atoms in total. The predicted octanol–water partition coefficient (Wildman–Crippen LogP) is 5.96. The summed E-state index contributed by atoms with van der Waals surface area (Å²) in [6, 6.07) is 20.3. The molecule has 9 heteroatoms. The number of hydrogen-bond acceptors (Lipinski definition) is 5. The SMILES string of the molecule is Cc1ccc2nc(-c3ccc(NC(=O)C4CCN(S(=O)(=O)c5ccccc5Cl)CC4)cc3)sc2c1. The van der Waals surface area contributed by atoms with Crippen molar-refractivity contribution in [3.63, 3.8) is 0 Å². The van der Waals surface area contributed by atoms with Gasteiger partial charge in [0.15, 0.2) is 0 Å². The van der Waals surface area contributed by atoms with Crippen molar-refractivity contribution in [3.05, 3.63) is 77.3 Å². The van der Waals surface area contributed by atoms with Crippen LogP contribution in [-0.2, 0) is 14.8 Å². The van der Waals surface area contributed by atoms with E-state index in [0.717, 1.165) is 20.8 Å². The smallest absolute Gasteiger partial charge is 0.244 e. The molecule has 1 fully saturated rings. The van der Waals surface area contributed by atoms with Crippen LogP contribution in [0.2, 0.25) is 5.02 Å². The summed E-state index contributed by atoms with van der Waals surface area (Å²) in [6.07, 6.45) is 0.914. The summed E-state index contributed by atoms with van der Waals surface area (Å²) in [4.78, 5) is 17.7. The van der Waals surface area contributed by atoms with Crippen LogP contribution in [0.3, 0.4) is 0 Å². The van der Waals surface area contributed by atoms with Crippen LogP contribution in [0.4, 0.5) is 5.69 Å². The molecule has 1 N–H and O–H groups in total. The maximum Gasteiger partial charge on any atom is 0.244 e. The van der Waals surface area contributed by atoms with E-state index in [1.165, 1.54) is 15.9 Å². The third kappa shape index (κ3) is 4.97. The second-order valence-corrected chi connectivity index (χ2v) is 12.0. The van der Waals surface area contributed by atoms with Crippen LogP contribution in [0.25, 0.3) is 20.8 Å². The van der Waals surface area contributed by atoms with Crippen molar-refractivity contribution in [3.8, 4) is 10.6 Å². The van der Waals surface area contributed by atoms with E-state index in [4.69, 9.17) is 16.6 Å². The normalized spacial score (nSPS) is 15.4. The van der Waals surface area contributed by atoms with Crippen molar-refractivity contribution in [2.45, 2.75) is 24.7 Å².